The Labute approximate surface area is 129 Å². The molecule has 4 amide bonds. The van der Waals surface area contributed by atoms with Gasteiger partial charge in [0.1, 0.15) is 12.1 Å². The van der Waals surface area contributed by atoms with Crippen LogP contribution < -0.4 is 10.6 Å². The quantitative estimate of drug-likeness (QED) is 0.790. The molecule has 1 aliphatic heterocycles. The van der Waals surface area contributed by atoms with Crippen LogP contribution in [0.15, 0.2) is 30.3 Å². The molecule has 22 heavy (non-hydrogen) atoms. The van der Waals surface area contributed by atoms with Gasteiger partial charge in [0.25, 0.3) is 5.91 Å². The van der Waals surface area contributed by atoms with E-state index in [1.807, 2.05) is 13.0 Å². The summed E-state index contributed by atoms with van der Waals surface area (Å²) >= 11 is 0. The lowest BCUT2D eigenvalue weighted by Gasteiger charge is -2.21. The third-order valence-corrected chi connectivity index (χ3v) is 3.73. The monoisotopic (exact) mass is 303 g/mol. The zero-order chi connectivity index (χ0) is 16.2. The van der Waals surface area contributed by atoms with Crippen LogP contribution in [0.2, 0.25) is 0 Å². The van der Waals surface area contributed by atoms with Gasteiger partial charge in [-0.15, -0.1) is 0 Å². The Morgan fingerprint density at radius 2 is 1.95 bits per heavy atom. The average Bonchev–Trinajstić information content (AvgIpc) is 2.70. The van der Waals surface area contributed by atoms with E-state index in [4.69, 9.17) is 0 Å². The lowest BCUT2D eigenvalue weighted by molar-refractivity contribution is -0.133. The van der Waals surface area contributed by atoms with Gasteiger partial charge in [-0.3, -0.25) is 14.5 Å². The first-order valence-corrected chi connectivity index (χ1v) is 7.45. The molecule has 6 nitrogen and oxygen atoms in total. The number of amides is 4. The zero-order valence-corrected chi connectivity index (χ0v) is 12.9. The van der Waals surface area contributed by atoms with Crippen LogP contribution in [0.4, 0.5) is 10.5 Å². The SMILES string of the molecule is CCCC[C@]1(C)NC(=O)N(CC(=O)Nc2ccccc2)C1=O. The molecule has 6 heteroatoms. The summed E-state index contributed by atoms with van der Waals surface area (Å²) in [5.41, 5.74) is -0.270. The molecule has 0 unspecified atom stereocenters. The van der Waals surface area contributed by atoms with E-state index in [0.29, 0.717) is 12.1 Å². The molecule has 0 aromatic heterocycles. The highest BCUT2D eigenvalue weighted by molar-refractivity contribution is 6.09. The Bertz CT molecular complexity index is 573. The molecule has 2 N–H and O–H groups in total. The molecule has 118 valence electrons. The number of nitrogens with zero attached hydrogens (tertiary/aromatic N) is 1. The van der Waals surface area contributed by atoms with E-state index in [9.17, 15) is 14.4 Å². The van der Waals surface area contributed by atoms with Crippen LogP contribution in [-0.4, -0.2) is 34.8 Å². The molecule has 0 saturated carbocycles. The van der Waals surface area contributed by atoms with Crippen LogP contribution in [0.1, 0.15) is 33.1 Å². The molecule has 1 heterocycles. The maximum Gasteiger partial charge on any atom is 0.325 e. The summed E-state index contributed by atoms with van der Waals surface area (Å²) in [6, 6.07) is 8.42. The van der Waals surface area contributed by atoms with Crippen LogP contribution in [0.25, 0.3) is 0 Å². The Morgan fingerprint density at radius 1 is 1.27 bits per heavy atom. The summed E-state index contributed by atoms with van der Waals surface area (Å²) in [7, 11) is 0. The molecule has 1 saturated heterocycles. The van der Waals surface area contributed by atoms with Crippen molar-refractivity contribution in [1.29, 1.82) is 0 Å². The third kappa shape index (κ3) is 3.44. The second-order valence-electron chi connectivity index (χ2n) is 5.67. The largest absolute Gasteiger partial charge is 0.325 e. The van der Waals surface area contributed by atoms with Crippen molar-refractivity contribution in [2.24, 2.45) is 0 Å². The van der Waals surface area contributed by atoms with E-state index >= 15 is 0 Å². The van der Waals surface area contributed by atoms with E-state index in [2.05, 4.69) is 10.6 Å². The predicted octanol–water partition coefficient (Wildman–Crippen LogP) is 2.13. The highest BCUT2D eigenvalue weighted by Crippen LogP contribution is 2.23. The predicted molar refractivity (Wildman–Crippen MR) is 83.2 cm³/mol. The number of hydrogen-bond donors (Lipinski definition) is 2. The summed E-state index contributed by atoms with van der Waals surface area (Å²) in [4.78, 5) is 37.3. The van der Waals surface area contributed by atoms with E-state index in [0.717, 1.165) is 17.7 Å². The molecule has 2 rings (SSSR count). The van der Waals surface area contributed by atoms with Crippen molar-refractivity contribution >= 4 is 23.5 Å². The fraction of sp³-hybridized carbons (Fsp3) is 0.438. The van der Waals surface area contributed by atoms with Gasteiger partial charge in [-0.1, -0.05) is 38.0 Å². The molecule has 1 atom stereocenters. The van der Waals surface area contributed by atoms with Crippen molar-refractivity contribution in [3.05, 3.63) is 30.3 Å². The number of nitrogens with one attached hydrogen (secondary N) is 2. The van der Waals surface area contributed by atoms with Gasteiger partial charge in [-0.25, -0.2) is 4.79 Å². The Kier molecular flexibility index (Phi) is 4.80. The lowest BCUT2D eigenvalue weighted by Crippen LogP contribution is -2.44. The van der Waals surface area contributed by atoms with Crippen molar-refractivity contribution in [3.63, 3.8) is 0 Å². The lowest BCUT2D eigenvalue weighted by atomic mass is 9.95. The number of rotatable bonds is 6. The first-order valence-electron chi connectivity index (χ1n) is 7.45. The number of urea groups is 1. The molecule has 0 spiro atoms. The average molecular weight is 303 g/mol. The maximum atomic E-state index is 12.4. The van der Waals surface area contributed by atoms with Gasteiger partial charge in [0.2, 0.25) is 5.91 Å². The Morgan fingerprint density at radius 3 is 2.59 bits per heavy atom. The number of carbonyl (C=O) groups excluding carboxylic acids is 3. The maximum absolute atomic E-state index is 12.4. The highest BCUT2D eigenvalue weighted by Gasteiger charge is 2.47. The fourth-order valence-electron chi connectivity index (χ4n) is 2.46. The van der Waals surface area contributed by atoms with Crippen LogP contribution >= 0.6 is 0 Å². The third-order valence-electron chi connectivity index (χ3n) is 3.73. The van der Waals surface area contributed by atoms with Crippen LogP contribution in [0.3, 0.4) is 0 Å². The fourth-order valence-corrected chi connectivity index (χ4v) is 2.46. The van der Waals surface area contributed by atoms with Crippen molar-refractivity contribution in [2.45, 2.75) is 38.6 Å². The summed E-state index contributed by atoms with van der Waals surface area (Å²) in [5.74, 6) is -0.733. The number of hydrogen-bond acceptors (Lipinski definition) is 3. The van der Waals surface area contributed by atoms with Crippen molar-refractivity contribution in [2.75, 3.05) is 11.9 Å². The first-order chi connectivity index (χ1) is 10.5. The number of anilines is 1. The minimum atomic E-state index is -0.903. The second-order valence-corrected chi connectivity index (χ2v) is 5.67. The smallest absolute Gasteiger partial charge is 0.325 e. The minimum absolute atomic E-state index is 0.277. The molecule has 1 aromatic rings. The number of unbranched alkanes of at least 4 members (excludes halogenated alkanes) is 1. The summed E-state index contributed by atoms with van der Waals surface area (Å²) in [6.07, 6.45) is 2.35. The van der Waals surface area contributed by atoms with Gasteiger partial charge in [0.15, 0.2) is 0 Å². The number of benzene rings is 1. The van der Waals surface area contributed by atoms with E-state index in [-0.39, 0.29) is 12.5 Å². The summed E-state index contributed by atoms with van der Waals surface area (Å²) in [6.45, 7) is 3.45. The molecule has 1 aromatic carbocycles. The van der Waals surface area contributed by atoms with Gasteiger partial charge in [0.05, 0.1) is 0 Å². The van der Waals surface area contributed by atoms with Crippen molar-refractivity contribution < 1.29 is 14.4 Å². The van der Waals surface area contributed by atoms with E-state index in [1.54, 1.807) is 31.2 Å². The number of para-hydroxylation sites is 1. The molecular weight excluding hydrogens is 282 g/mol. The van der Waals surface area contributed by atoms with Gasteiger partial charge in [-0.2, -0.15) is 0 Å². The van der Waals surface area contributed by atoms with Gasteiger partial charge < -0.3 is 10.6 Å². The van der Waals surface area contributed by atoms with E-state index in [1.165, 1.54) is 0 Å². The number of imide groups is 1. The molecule has 0 aliphatic carbocycles. The van der Waals surface area contributed by atoms with Crippen LogP contribution in [0.5, 0.6) is 0 Å². The topological polar surface area (TPSA) is 78.5 Å². The molecule has 1 fully saturated rings. The number of carbonyl (C=O) groups is 3. The standard InChI is InChI=1S/C16H21N3O3/c1-3-4-10-16(2)14(21)19(15(22)18-16)11-13(20)17-12-8-6-5-7-9-12/h5-9H,3-4,10-11H2,1-2H3,(H,17,20)(H,18,22)/t16-/m0/s1. The van der Waals surface area contributed by atoms with Crippen molar-refractivity contribution in [1.82, 2.24) is 10.2 Å². The minimum Gasteiger partial charge on any atom is -0.325 e. The van der Waals surface area contributed by atoms with Gasteiger partial charge in [-0.05, 0) is 25.5 Å². The van der Waals surface area contributed by atoms with Crippen molar-refractivity contribution in [3.8, 4) is 0 Å². The van der Waals surface area contributed by atoms with E-state index < -0.39 is 17.5 Å². The first kappa shape index (κ1) is 16.0. The zero-order valence-electron chi connectivity index (χ0n) is 12.9. The molecular formula is C16H21N3O3. The van der Waals surface area contributed by atoms with Gasteiger partial charge >= 0.3 is 6.03 Å². The van der Waals surface area contributed by atoms with Crippen LogP contribution in [-0.2, 0) is 9.59 Å². The second kappa shape index (κ2) is 6.60. The molecule has 0 radical (unpaired) electrons. The normalized spacial score (nSPS) is 20.9. The summed E-state index contributed by atoms with van der Waals surface area (Å²) < 4.78 is 0. The van der Waals surface area contributed by atoms with Gasteiger partial charge in [0, 0.05) is 5.69 Å². The molecule has 1 aliphatic rings. The molecule has 0 bridgehead atoms. The Hall–Kier alpha value is -2.37. The highest BCUT2D eigenvalue weighted by atomic mass is 16.2. The Balaban J connectivity index is 1.99. The van der Waals surface area contributed by atoms with Crippen LogP contribution in [0, 0.1) is 0 Å². The summed E-state index contributed by atoms with van der Waals surface area (Å²) in [5, 5.41) is 5.36.